The molecule has 2 aliphatic rings. The standard InChI is InChI=1S/C13H25N3/c1-16-9-5-8-12(16)10-15-13(14)11-6-3-2-4-7-11/h11-12H,2-10H2,1H3,(H2,14,15). The number of nitrogens with zero attached hydrogens (tertiary/aromatic N) is 2. The highest BCUT2D eigenvalue weighted by atomic mass is 15.2. The molecule has 1 atom stereocenters. The Bertz CT molecular complexity index is 244. The van der Waals surface area contributed by atoms with Crippen LogP contribution in [0, 0.1) is 5.92 Å². The summed E-state index contributed by atoms with van der Waals surface area (Å²) >= 11 is 0. The highest BCUT2D eigenvalue weighted by molar-refractivity contribution is 5.82. The minimum atomic E-state index is 0.584. The van der Waals surface area contributed by atoms with Gasteiger partial charge in [0.05, 0.1) is 12.4 Å². The molecule has 3 nitrogen and oxygen atoms in total. The SMILES string of the molecule is CN1CCCC1CN=C(N)C1CCCCC1. The van der Waals surface area contributed by atoms with E-state index in [-0.39, 0.29) is 0 Å². The van der Waals surface area contributed by atoms with Gasteiger partial charge in [-0.15, -0.1) is 0 Å². The molecule has 2 rings (SSSR count). The Morgan fingerprint density at radius 2 is 1.94 bits per heavy atom. The Hall–Kier alpha value is -0.570. The van der Waals surface area contributed by atoms with Crippen LogP contribution in [-0.4, -0.2) is 36.9 Å². The van der Waals surface area contributed by atoms with Gasteiger partial charge in [-0.3, -0.25) is 4.99 Å². The molecule has 2 N–H and O–H groups in total. The third-order valence-corrected chi connectivity index (χ3v) is 4.18. The Morgan fingerprint density at radius 1 is 1.19 bits per heavy atom. The summed E-state index contributed by atoms with van der Waals surface area (Å²) in [7, 11) is 2.20. The van der Waals surface area contributed by atoms with Crippen LogP contribution in [0.5, 0.6) is 0 Å². The largest absolute Gasteiger partial charge is 0.387 e. The fourth-order valence-electron chi connectivity index (χ4n) is 2.95. The van der Waals surface area contributed by atoms with Crippen molar-refractivity contribution in [3.8, 4) is 0 Å². The van der Waals surface area contributed by atoms with Crippen molar-refractivity contribution in [3.63, 3.8) is 0 Å². The molecule has 0 aromatic heterocycles. The number of aliphatic imine (C=N–C) groups is 1. The molecule has 1 aliphatic carbocycles. The van der Waals surface area contributed by atoms with E-state index in [1.807, 2.05) is 0 Å². The Labute approximate surface area is 99.1 Å². The minimum Gasteiger partial charge on any atom is -0.387 e. The van der Waals surface area contributed by atoms with Gasteiger partial charge in [0.25, 0.3) is 0 Å². The van der Waals surface area contributed by atoms with E-state index < -0.39 is 0 Å². The average molecular weight is 223 g/mol. The average Bonchev–Trinajstić information content (AvgIpc) is 2.73. The maximum atomic E-state index is 6.10. The van der Waals surface area contributed by atoms with Crippen molar-refractivity contribution < 1.29 is 0 Å². The molecule has 1 saturated carbocycles. The van der Waals surface area contributed by atoms with E-state index in [1.54, 1.807) is 0 Å². The minimum absolute atomic E-state index is 0.584. The summed E-state index contributed by atoms with van der Waals surface area (Å²) in [4.78, 5) is 7.05. The number of rotatable bonds is 3. The molecule has 0 spiro atoms. The Balaban J connectivity index is 1.81. The van der Waals surface area contributed by atoms with Gasteiger partial charge in [0.1, 0.15) is 0 Å². The normalized spacial score (nSPS) is 29.8. The highest BCUT2D eigenvalue weighted by Crippen LogP contribution is 2.24. The maximum absolute atomic E-state index is 6.10. The van der Waals surface area contributed by atoms with Gasteiger partial charge in [-0.05, 0) is 39.3 Å². The number of amidine groups is 1. The molecule has 92 valence electrons. The lowest BCUT2D eigenvalue weighted by Gasteiger charge is -2.22. The first-order chi connectivity index (χ1) is 7.77. The smallest absolute Gasteiger partial charge is 0.0969 e. The third kappa shape index (κ3) is 2.97. The van der Waals surface area contributed by atoms with Gasteiger partial charge in [-0.25, -0.2) is 0 Å². The van der Waals surface area contributed by atoms with Crippen molar-refractivity contribution in [2.45, 2.75) is 51.0 Å². The highest BCUT2D eigenvalue weighted by Gasteiger charge is 2.21. The first kappa shape index (κ1) is 11.9. The number of hydrogen-bond donors (Lipinski definition) is 1. The molecule has 0 amide bonds. The van der Waals surface area contributed by atoms with Crippen LogP contribution in [0.1, 0.15) is 44.9 Å². The lowest BCUT2D eigenvalue weighted by molar-refractivity contribution is 0.316. The monoisotopic (exact) mass is 223 g/mol. The van der Waals surface area contributed by atoms with Gasteiger partial charge in [0.15, 0.2) is 0 Å². The lowest BCUT2D eigenvalue weighted by atomic mass is 9.88. The van der Waals surface area contributed by atoms with Crippen LogP contribution in [0.4, 0.5) is 0 Å². The van der Waals surface area contributed by atoms with Crippen molar-refractivity contribution in [1.29, 1.82) is 0 Å². The van der Waals surface area contributed by atoms with Gasteiger partial charge >= 0.3 is 0 Å². The van der Waals surface area contributed by atoms with E-state index in [0.29, 0.717) is 12.0 Å². The zero-order chi connectivity index (χ0) is 11.4. The van der Waals surface area contributed by atoms with Gasteiger partial charge in [0, 0.05) is 12.0 Å². The molecular formula is C13H25N3. The van der Waals surface area contributed by atoms with Crippen LogP contribution in [-0.2, 0) is 0 Å². The summed E-state index contributed by atoms with van der Waals surface area (Å²) in [5, 5.41) is 0. The summed E-state index contributed by atoms with van der Waals surface area (Å²) in [5.74, 6) is 1.51. The van der Waals surface area contributed by atoms with Crippen molar-refractivity contribution >= 4 is 5.84 Å². The van der Waals surface area contributed by atoms with E-state index in [1.165, 1.54) is 51.5 Å². The fraction of sp³-hybridized carbons (Fsp3) is 0.923. The molecule has 3 heteroatoms. The van der Waals surface area contributed by atoms with Gasteiger partial charge in [-0.2, -0.15) is 0 Å². The van der Waals surface area contributed by atoms with E-state index >= 15 is 0 Å². The molecule has 0 bridgehead atoms. The Kier molecular flexibility index (Phi) is 4.22. The predicted octanol–water partition coefficient (Wildman–Crippen LogP) is 2.02. The van der Waals surface area contributed by atoms with Gasteiger partial charge in [-0.1, -0.05) is 19.3 Å². The van der Waals surface area contributed by atoms with Crippen LogP contribution in [0.2, 0.25) is 0 Å². The second kappa shape index (κ2) is 5.67. The molecule has 2 fully saturated rings. The van der Waals surface area contributed by atoms with Crippen LogP contribution >= 0.6 is 0 Å². The zero-order valence-corrected chi connectivity index (χ0v) is 10.5. The topological polar surface area (TPSA) is 41.6 Å². The van der Waals surface area contributed by atoms with E-state index in [9.17, 15) is 0 Å². The first-order valence-electron chi connectivity index (χ1n) is 6.77. The second-order valence-corrected chi connectivity index (χ2v) is 5.38. The molecule has 1 heterocycles. The summed E-state index contributed by atoms with van der Waals surface area (Å²) in [6.45, 7) is 2.14. The summed E-state index contributed by atoms with van der Waals surface area (Å²) in [5.41, 5.74) is 6.10. The molecular weight excluding hydrogens is 198 g/mol. The quantitative estimate of drug-likeness (QED) is 0.587. The van der Waals surface area contributed by atoms with Crippen LogP contribution in [0.15, 0.2) is 4.99 Å². The molecule has 1 unspecified atom stereocenters. The van der Waals surface area contributed by atoms with E-state index in [4.69, 9.17) is 5.73 Å². The fourth-order valence-corrected chi connectivity index (χ4v) is 2.95. The van der Waals surface area contributed by atoms with Crippen LogP contribution in [0.25, 0.3) is 0 Å². The van der Waals surface area contributed by atoms with Gasteiger partial charge < -0.3 is 10.6 Å². The predicted molar refractivity (Wildman–Crippen MR) is 68.7 cm³/mol. The zero-order valence-electron chi connectivity index (χ0n) is 10.5. The maximum Gasteiger partial charge on any atom is 0.0969 e. The number of hydrogen-bond acceptors (Lipinski definition) is 2. The summed E-state index contributed by atoms with van der Waals surface area (Å²) in [6.07, 6.45) is 9.19. The Morgan fingerprint density at radius 3 is 2.56 bits per heavy atom. The molecule has 0 aromatic rings. The molecule has 1 saturated heterocycles. The number of nitrogens with two attached hydrogens (primary N) is 1. The van der Waals surface area contributed by atoms with Crippen LogP contribution in [0.3, 0.4) is 0 Å². The van der Waals surface area contributed by atoms with E-state index in [2.05, 4.69) is 16.9 Å². The second-order valence-electron chi connectivity index (χ2n) is 5.38. The summed E-state index contributed by atoms with van der Waals surface area (Å²) < 4.78 is 0. The summed E-state index contributed by atoms with van der Waals surface area (Å²) in [6, 6.07) is 0.641. The van der Waals surface area contributed by atoms with Crippen molar-refractivity contribution in [2.24, 2.45) is 16.6 Å². The van der Waals surface area contributed by atoms with Crippen molar-refractivity contribution in [3.05, 3.63) is 0 Å². The first-order valence-corrected chi connectivity index (χ1v) is 6.77. The van der Waals surface area contributed by atoms with Crippen molar-refractivity contribution in [2.75, 3.05) is 20.1 Å². The molecule has 0 radical (unpaired) electrons. The number of likely N-dealkylation sites (N-methyl/N-ethyl adjacent to an activating group) is 1. The third-order valence-electron chi connectivity index (χ3n) is 4.18. The lowest BCUT2D eigenvalue weighted by Crippen LogP contribution is -2.31. The number of likely N-dealkylation sites (tertiary alicyclic amines) is 1. The van der Waals surface area contributed by atoms with Crippen LogP contribution < -0.4 is 5.73 Å². The van der Waals surface area contributed by atoms with Gasteiger partial charge in [0.2, 0.25) is 0 Å². The molecule has 0 aromatic carbocycles. The van der Waals surface area contributed by atoms with E-state index in [0.717, 1.165) is 12.4 Å². The molecule has 16 heavy (non-hydrogen) atoms. The van der Waals surface area contributed by atoms with Crippen molar-refractivity contribution in [1.82, 2.24) is 4.90 Å². The molecule has 1 aliphatic heterocycles.